The van der Waals surface area contributed by atoms with E-state index in [2.05, 4.69) is 0 Å². The van der Waals surface area contributed by atoms with Gasteiger partial charge in [0.2, 0.25) is 5.76 Å². The maximum Gasteiger partial charge on any atom is 0.371 e. The summed E-state index contributed by atoms with van der Waals surface area (Å²) in [6.07, 6.45) is 0.849. The third-order valence-corrected chi connectivity index (χ3v) is 2.47. The Morgan fingerprint density at radius 1 is 1.17 bits per heavy atom. The number of hydrogen-bond donors (Lipinski definition) is 1. The Morgan fingerprint density at radius 3 is 2.28 bits per heavy atom. The van der Waals surface area contributed by atoms with Crippen LogP contribution in [0.4, 0.5) is 0 Å². The average Bonchev–Trinajstić information content (AvgIpc) is 2.76. The Morgan fingerprint density at radius 2 is 1.78 bits per heavy atom. The second-order valence-corrected chi connectivity index (χ2v) is 4.35. The fourth-order valence-corrected chi connectivity index (χ4v) is 1.48. The number of carbonyl (C=O) groups excluding carboxylic acids is 1. The normalized spacial score (nSPS) is 10.7. The van der Waals surface area contributed by atoms with E-state index in [0.29, 0.717) is 6.54 Å². The van der Waals surface area contributed by atoms with Crippen LogP contribution in [-0.2, 0) is 0 Å². The highest BCUT2D eigenvalue weighted by atomic mass is 16.4. The van der Waals surface area contributed by atoms with Crippen molar-refractivity contribution in [2.45, 2.75) is 6.42 Å². The van der Waals surface area contributed by atoms with Crippen LogP contribution < -0.4 is 0 Å². The third-order valence-electron chi connectivity index (χ3n) is 2.47. The van der Waals surface area contributed by atoms with Gasteiger partial charge >= 0.3 is 5.97 Å². The number of nitrogens with zero attached hydrogens (tertiary/aromatic N) is 2. The Labute approximate surface area is 106 Å². The topological polar surface area (TPSA) is 74.0 Å². The highest BCUT2D eigenvalue weighted by molar-refractivity contribution is 5.93. The monoisotopic (exact) mass is 254 g/mol. The van der Waals surface area contributed by atoms with E-state index in [1.54, 1.807) is 7.05 Å². The Balaban J connectivity index is 2.54. The van der Waals surface area contributed by atoms with E-state index >= 15 is 0 Å². The number of hydrogen-bond acceptors (Lipinski definition) is 4. The molecule has 0 spiro atoms. The van der Waals surface area contributed by atoms with Crippen LogP contribution in [0.15, 0.2) is 16.5 Å². The Hall–Kier alpha value is -1.82. The van der Waals surface area contributed by atoms with Crippen LogP contribution >= 0.6 is 0 Å². The number of furan rings is 1. The van der Waals surface area contributed by atoms with Crippen molar-refractivity contribution in [1.82, 2.24) is 9.80 Å². The molecule has 0 aliphatic heterocycles. The predicted octanol–water partition coefficient (Wildman–Crippen LogP) is 1.00. The van der Waals surface area contributed by atoms with Crippen molar-refractivity contribution in [1.29, 1.82) is 0 Å². The fourth-order valence-electron chi connectivity index (χ4n) is 1.48. The number of carboxylic acid groups (broad SMARTS) is 1. The molecule has 0 aliphatic carbocycles. The standard InChI is InChI=1S/C12H18N2O4/c1-13(2)7-4-8-14(3)11(15)9-5-6-10(18-9)12(16)17/h5-6H,4,7-8H2,1-3H3,(H,16,17). The van der Waals surface area contributed by atoms with E-state index in [4.69, 9.17) is 9.52 Å². The zero-order chi connectivity index (χ0) is 13.7. The first kappa shape index (κ1) is 14.2. The van der Waals surface area contributed by atoms with Crippen molar-refractivity contribution in [2.24, 2.45) is 0 Å². The van der Waals surface area contributed by atoms with Crippen LogP contribution in [0, 0.1) is 0 Å². The lowest BCUT2D eigenvalue weighted by Gasteiger charge is -2.17. The highest BCUT2D eigenvalue weighted by Gasteiger charge is 2.17. The molecule has 6 nitrogen and oxygen atoms in total. The average molecular weight is 254 g/mol. The van der Waals surface area contributed by atoms with E-state index in [0.717, 1.165) is 13.0 Å². The van der Waals surface area contributed by atoms with Gasteiger partial charge in [0, 0.05) is 13.6 Å². The summed E-state index contributed by atoms with van der Waals surface area (Å²) in [6, 6.07) is 2.66. The molecule has 100 valence electrons. The van der Waals surface area contributed by atoms with Crippen molar-refractivity contribution < 1.29 is 19.1 Å². The minimum Gasteiger partial charge on any atom is -0.475 e. The van der Waals surface area contributed by atoms with Gasteiger partial charge in [-0.05, 0) is 39.2 Å². The van der Waals surface area contributed by atoms with Crippen LogP contribution in [0.3, 0.4) is 0 Å². The summed E-state index contributed by atoms with van der Waals surface area (Å²) >= 11 is 0. The lowest BCUT2D eigenvalue weighted by atomic mass is 10.3. The van der Waals surface area contributed by atoms with Crippen LogP contribution in [0.1, 0.15) is 27.5 Å². The maximum absolute atomic E-state index is 11.9. The molecule has 0 saturated carbocycles. The van der Waals surface area contributed by atoms with Crippen molar-refractivity contribution in [3.8, 4) is 0 Å². The summed E-state index contributed by atoms with van der Waals surface area (Å²) < 4.78 is 4.95. The van der Waals surface area contributed by atoms with Crippen LogP contribution in [0.2, 0.25) is 0 Å². The molecule has 0 bridgehead atoms. The minimum absolute atomic E-state index is 0.0553. The lowest BCUT2D eigenvalue weighted by molar-refractivity contribution is 0.0653. The minimum atomic E-state index is -1.18. The van der Waals surface area contributed by atoms with Gasteiger partial charge < -0.3 is 19.3 Å². The van der Waals surface area contributed by atoms with Gasteiger partial charge in [0.1, 0.15) is 0 Å². The van der Waals surface area contributed by atoms with E-state index in [1.165, 1.54) is 17.0 Å². The summed E-state index contributed by atoms with van der Waals surface area (Å²) in [4.78, 5) is 26.1. The fraction of sp³-hybridized carbons (Fsp3) is 0.500. The molecule has 0 radical (unpaired) electrons. The molecule has 0 atom stereocenters. The van der Waals surface area contributed by atoms with Crippen molar-refractivity contribution >= 4 is 11.9 Å². The highest BCUT2D eigenvalue weighted by Crippen LogP contribution is 2.10. The van der Waals surface area contributed by atoms with Gasteiger partial charge in [-0.25, -0.2) is 4.79 Å². The molecule has 1 rings (SSSR count). The molecule has 1 aromatic rings. The lowest BCUT2D eigenvalue weighted by Crippen LogP contribution is -2.29. The largest absolute Gasteiger partial charge is 0.475 e. The SMILES string of the molecule is CN(C)CCCN(C)C(=O)c1ccc(C(=O)O)o1. The first-order valence-corrected chi connectivity index (χ1v) is 5.65. The molecule has 0 unspecified atom stereocenters. The van der Waals surface area contributed by atoms with Crippen molar-refractivity contribution in [3.63, 3.8) is 0 Å². The summed E-state index contributed by atoms with van der Waals surface area (Å²) in [7, 11) is 5.60. The van der Waals surface area contributed by atoms with E-state index in [-0.39, 0.29) is 17.4 Å². The zero-order valence-electron chi connectivity index (χ0n) is 10.8. The second kappa shape index (κ2) is 6.20. The number of carboxylic acids is 1. The van der Waals surface area contributed by atoms with Crippen LogP contribution in [0.25, 0.3) is 0 Å². The third kappa shape index (κ3) is 3.89. The van der Waals surface area contributed by atoms with Crippen molar-refractivity contribution in [3.05, 3.63) is 23.7 Å². The number of amides is 1. The summed E-state index contributed by atoms with van der Waals surface area (Å²) in [5, 5.41) is 8.70. The van der Waals surface area contributed by atoms with Gasteiger partial charge in [0.25, 0.3) is 5.91 Å². The molecule has 6 heteroatoms. The number of rotatable bonds is 6. The summed E-state index contributed by atoms with van der Waals surface area (Å²) in [5.74, 6) is -1.65. The molecular weight excluding hydrogens is 236 g/mol. The molecule has 18 heavy (non-hydrogen) atoms. The quantitative estimate of drug-likeness (QED) is 0.819. The molecule has 1 heterocycles. The van der Waals surface area contributed by atoms with Gasteiger partial charge in [-0.3, -0.25) is 4.79 Å². The van der Waals surface area contributed by atoms with Gasteiger partial charge in [0.05, 0.1) is 0 Å². The Kier molecular flexibility index (Phi) is 4.91. The van der Waals surface area contributed by atoms with Gasteiger partial charge in [-0.2, -0.15) is 0 Å². The molecule has 0 fully saturated rings. The second-order valence-electron chi connectivity index (χ2n) is 4.35. The van der Waals surface area contributed by atoms with E-state index in [9.17, 15) is 9.59 Å². The maximum atomic E-state index is 11.9. The first-order chi connectivity index (χ1) is 8.41. The first-order valence-electron chi connectivity index (χ1n) is 5.65. The van der Waals surface area contributed by atoms with Crippen LogP contribution in [-0.4, -0.2) is 61.0 Å². The van der Waals surface area contributed by atoms with E-state index < -0.39 is 5.97 Å². The van der Waals surface area contributed by atoms with E-state index in [1.807, 2.05) is 19.0 Å². The number of aromatic carboxylic acids is 1. The zero-order valence-corrected chi connectivity index (χ0v) is 10.8. The summed E-state index contributed by atoms with van der Waals surface area (Å²) in [5.41, 5.74) is 0. The molecular formula is C12H18N2O4. The number of carbonyl (C=O) groups is 2. The molecule has 0 aromatic carbocycles. The van der Waals surface area contributed by atoms with Gasteiger partial charge in [0.15, 0.2) is 5.76 Å². The molecule has 0 saturated heterocycles. The van der Waals surface area contributed by atoms with Gasteiger partial charge in [-0.15, -0.1) is 0 Å². The molecule has 1 aromatic heterocycles. The Bertz CT molecular complexity index is 425. The summed E-state index contributed by atoms with van der Waals surface area (Å²) in [6.45, 7) is 1.48. The van der Waals surface area contributed by atoms with Gasteiger partial charge in [-0.1, -0.05) is 0 Å². The van der Waals surface area contributed by atoms with Crippen molar-refractivity contribution in [2.75, 3.05) is 34.2 Å². The van der Waals surface area contributed by atoms with Crippen LogP contribution in [0.5, 0.6) is 0 Å². The smallest absolute Gasteiger partial charge is 0.371 e. The molecule has 1 N–H and O–H groups in total. The molecule has 0 aliphatic rings. The molecule has 1 amide bonds. The predicted molar refractivity (Wildman–Crippen MR) is 65.8 cm³/mol.